The van der Waals surface area contributed by atoms with E-state index in [1.807, 2.05) is 42.5 Å². The van der Waals surface area contributed by atoms with Crippen LogP contribution in [0.1, 0.15) is 45.4 Å². The second-order valence-electron chi connectivity index (χ2n) is 8.45. The maximum atomic E-state index is 13.2. The number of hydrogen-bond acceptors (Lipinski definition) is 5. The van der Waals surface area contributed by atoms with Crippen LogP contribution in [0.3, 0.4) is 0 Å². The van der Waals surface area contributed by atoms with E-state index in [2.05, 4.69) is 25.1 Å². The lowest BCUT2D eigenvalue weighted by atomic mass is 10.00. The monoisotopic (exact) mass is 492 g/mol. The summed E-state index contributed by atoms with van der Waals surface area (Å²) in [4.78, 5) is 5.77. The second kappa shape index (κ2) is 11.6. The van der Waals surface area contributed by atoms with E-state index < -0.39 is 10.8 Å². The lowest BCUT2D eigenvalue weighted by Crippen LogP contribution is -1.99. The van der Waals surface area contributed by atoms with Crippen LogP contribution in [-0.2, 0) is 10.8 Å². The first-order valence-corrected chi connectivity index (χ1v) is 14.1. The van der Waals surface area contributed by atoms with E-state index in [0.717, 1.165) is 55.4 Å². The van der Waals surface area contributed by atoms with E-state index in [9.17, 15) is 4.21 Å². The number of rotatable bonds is 11. The van der Waals surface area contributed by atoms with E-state index in [-0.39, 0.29) is 0 Å². The third-order valence-corrected chi connectivity index (χ3v) is 9.02. The number of nitrogens with zero attached hydrogens (tertiary/aromatic N) is 1. The molecule has 0 aliphatic heterocycles. The molecule has 0 fully saturated rings. The van der Waals surface area contributed by atoms with Crippen LogP contribution in [0.5, 0.6) is 5.75 Å². The van der Waals surface area contributed by atoms with Crippen LogP contribution in [0.15, 0.2) is 64.9 Å². The summed E-state index contributed by atoms with van der Waals surface area (Å²) in [6.45, 7) is 2.22. The van der Waals surface area contributed by atoms with Crippen molar-refractivity contribution in [2.45, 2.75) is 49.7 Å². The first kappa shape index (κ1) is 24.4. The van der Waals surface area contributed by atoms with Gasteiger partial charge in [0.25, 0.3) is 0 Å². The molecule has 0 spiro atoms. The number of unbranched alkanes of at least 4 members (excludes halogenated alkanes) is 5. The molecule has 1 unspecified atom stereocenters. The molecule has 2 aromatic heterocycles. The Bertz CT molecular complexity index is 1250. The normalized spacial score (nSPS) is 12.2. The Morgan fingerprint density at radius 2 is 1.65 bits per heavy atom. The number of benzene rings is 2. The summed E-state index contributed by atoms with van der Waals surface area (Å²) in [7, 11) is 0.543. The number of methoxy groups -OCH3 is 1. The molecule has 0 aliphatic carbocycles. The van der Waals surface area contributed by atoms with Gasteiger partial charge in [0.15, 0.2) is 0 Å². The minimum Gasteiger partial charge on any atom is -0.497 e. The standard InChI is InChI=1S/C28H32N2O2S2/c1-3-4-5-6-7-11-18-34(31)28-26(29)25-23(20-12-9-8-10-13-20)19-24(30-27(25)33-28)21-14-16-22(32-2)17-15-21/h8-10,12-17,19H,3-7,11,18,29H2,1-2H3. The zero-order valence-electron chi connectivity index (χ0n) is 19.9. The van der Waals surface area contributed by atoms with Crippen molar-refractivity contribution in [2.24, 2.45) is 0 Å². The predicted octanol–water partition coefficient (Wildman–Crippen LogP) is 7.69. The van der Waals surface area contributed by atoms with Crippen molar-refractivity contribution in [3.8, 4) is 28.1 Å². The Morgan fingerprint density at radius 3 is 2.35 bits per heavy atom. The predicted molar refractivity (Wildman–Crippen MR) is 146 cm³/mol. The van der Waals surface area contributed by atoms with Crippen LogP contribution in [0.2, 0.25) is 0 Å². The average Bonchev–Trinajstić information content (AvgIpc) is 3.22. The van der Waals surface area contributed by atoms with Gasteiger partial charge in [0, 0.05) is 16.7 Å². The second-order valence-corrected chi connectivity index (χ2v) is 11.2. The Balaban J connectivity index is 1.70. The molecule has 34 heavy (non-hydrogen) atoms. The summed E-state index contributed by atoms with van der Waals surface area (Å²) in [6.07, 6.45) is 7.05. The van der Waals surface area contributed by atoms with E-state index in [1.165, 1.54) is 37.0 Å². The molecule has 2 N–H and O–H groups in total. The molecule has 1 atom stereocenters. The van der Waals surface area contributed by atoms with Crippen LogP contribution in [0.25, 0.3) is 32.6 Å². The van der Waals surface area contributed by atoms with E-state index in [0.29, 0.717) is 11.4 Å². The minimum atomic E-state index is -1.12. The number of nitrogen functional groups attached to an aromatic ring is 1. The Labute approximate surface area is 208 Å². The first-order valence-electron chi connectivity index (χ1n) is 11.9. The van der Waals surface area contributed by atoms with Crippen molar-refractivity contribution in [2.75, 3.05) is 18.6 Å². The topological polar surface area (TPSA) is 65.2 Å². The van der Waals surface area contributed by atoms with Crippen molar-refractivity contribution < 1.29 is 8.95 Å². The number of thiophene rings is 1. The molecule has 0 saturated heterocycles. The smallest absolute Gasteiger partial charge is 0.127 e. The molecular formula is C28H32N2O2S2. The van der Waals surface area contributed by atoms with Crippen molar-refractivity contribution in [1.82, 2.24) is 4.98 Å². The summed E-state index contributed by atoms with van der Waals surface area (Å²) in [6, 6.07) is 20.2. The van der Waals surface area contributed by atoms with Gasteiger partial charge in [-0.05, 0) is 47.9 Å². The summed E-state index contributed by atoms with van der Waals surface area (Å²) in [5.41, 5.74) is 11.2. The Kier molecular flexibility index (Phi) is 8.35. The third-order valence-electron chi connectivity index (χ3n) is 6.03. The number of pyridine rings is 1. The molecule has 0 radical (unpaired) electrons. The van der Waals surface area contributed by atoms with Crippen molar-refractivity contribution in [3.05, 3.63) is 60.7 Å². The molecule has 0 bridgehead atoms. The molecule has 0 saturated carbocycles. The number of ether oxygens (including phenoxy) is 1. The number of fused-ring (bicyclic) bond motifs is 1. The summed E-state index contributed by atoms with van der Waals surface area (Å²) in [5, 5.41) is 0.903. The van der Waals surface area contributed by atoms with Crippen molar-refractivity contribution in [1.29, 1.82) is 0 Å². The highest BCUT2D eigenvalue weighted by molar-refractivity contribution is 7.87. The summed E-state index contributed by atoms with van der Waals surface area (Å²) in [5.74, 6) is 1.45. The van der Waals surface area contributed by atoms with Crippen LogP contribution >= 0.6 is 11.3 Å². The summed E-state index contributed by atoms with van der Waals surface area (Å²) >= 11 is 1.47. The van der Waals surface area contributed by atoms with Gasteiger partial charge in [-0.15, -0.1) is 11.3 Å². The maximum absolute atomic E-state index is 13.2. The quantitative estimate of drug-likeness (QED) is 0.218. The lowest BCUT2D eigenvalue weighted by Gasteiger charge is -2.09. The average molecular weight is 493 g/mol. The molecule has 4 aromatic rings. The Morgan fingerprint density at radius 1 is 0.941 bits per heavy atom. The molecule has 4 nitrogen and oxygen atoms in total. The largest absolute Gasteiger partial charge is 0.497 e. The Hall–Kier alpha value is -2.70. The molecule has 6 heteroatoms. The van der Waals surface area contributed by atoms with Crippen LogP contribution in [-0.4, -0.2) is 22.1 Å². The van der Waals surface area contributed by atoms with E-state index >= 15 is 0 Å². The summed E-state index contributed by atoms with van der Waals surface area (Å²) < 4.78 is 19.3. The van der Waals surface area contributed by atoms with Crippen LogP contribution in [0.4, 0.5) is 5.69 Å². The van der Waals surface area contributed by atoms with Gasteiger partial charge in [0.1, 0.15) is 14.8 Å². The molecule has 178 valence electrons. The molecule has 2 aromatic carbocycles. The zero-order valence-corrected chi connectivity index (χ0v) is 21.5. The number of nitrogens with two attached hydrogens (primary N) is 1. The lowest BCUT2D eigenvalue weighted by molar-refractivity contribution is 0.415. The molecule has 0 aliphatic rings. The number of hydrogen-bond donors (Lipinski definition) is 1. The van der Waals surface area contributed by atoms with Crippen molar-refractivity contribution in [3.63, 3.8) is 0 Å². The highest BCUT2D eigenvalue weighted by Gasteiger charge is 2.20. The van der Waals surface area contributed by atoms with E-state index in [4.69, 9.17) is 15.5 Å². The molecule has 0 amide bonds. The van der Waals surface area contributed by atoms with Crippen LogP contribution in [0, 0.1) is 0 Å². The van der Waals surface area contributed by atoms with Gasteiger partial charge in [-0.1, -0.05) is 69.4 Å². The van der Waals surface area contributed by atoms with Gasteiger partial charge in [0.05, 0.1) is 29.3 Å². The van der Waals surface area contributed by atoms with Gasteiger partial charge in [0.2, 0.25) is 0 Å². The highest BCUT2D eigenvalue weighted by Crippen LogP contribution is 2.42. The van der Waals surface area contributed by atoms with Gasteiger partial charge in [-0.2, -0.15) is 0 Å². The minimum absolute atomic E-state index is 0.608. The third kappa shape index (κ3) is 5.50. The van der Waals surface area contributed by atoms with Crippen molar-refractivity contribution >= 4 is 38.0 Å². The van der Waals surface area contributed by atoms with Gasteiger partial charge in [-0.25, -0.2) is 4.98 Å². The fraction of sp³-hybridized carbons (Fsp3) is 0.321. The molecule has 2 heterocycles. The SMILES string of the molecule is CCCCCCCCS(=O)c1sc2nc(-c3ccc(OC)cc3)cc(-c3ccccc3)c2c1N. The zero-order chi connectivity index (χ0) is 23.9. The number of anilines is 1. The molecular weight excluding hydrogens is 460 g/mol. The number of aromatic nitrogens is 1. The van der Waals surface area contributed by atoms with E-state index in [1.54, 1.807) is 7.11 Å². The molecule has 4 rings (SSSR count). The fourth-order valence-corrected chi connectivity index (χ4v) is 6.84. The maximum Gasteiger partial charge on any atom is 0.127 e. The van der Waals surface area contributed by atoms with Crippen LogP contribution < -0.4 is 10.5 Å². The van der Waals surface area contributed by atoms with Gasteiger partial charge in [-0.3, -0.25) is 4.21 Å². The fourth-order valence-electron chi connectivity index (χ4n) is 4.13. The van der Waals surface area contributed by atoms with Gasteiger partial charge < -0.3 is 10.5 Å². The van der Waals surface area contributed by atoms with Gasteiger partial charge >= 0.3 is 0 Å². The highest BCUT2D eigenvalue weighted by atomic mass is 32.2. The first-order chi connectivity index (χ1) is 16.6.